The number of thiophene rings is 1. The Morgan fingerprint density at radius 1 is 1.09 bits per heavy atom. The Balaban J connectivity index is 1.37. The molecule has 0 unspecified atom stereocenters. The number of carbonyl (C=O) groups is 1. The minimum atomic E-state index is 0.0825. The summed E-state index contributed by atoms with van der Waals surface area (Å²) >= 11 is 1.94. The fourth-order valence-electron chi connectivity index (χ4n) is 6.29. The van der Waals surface area contributed by atoms with Crippen LogP contribution in [0.1, 0.15) is 72.1 Å². The lowest BCUT2D eigenvalue weighted by Crippen LogP contribution is -2.44. The zero-order valence-electron chi connectivity index (χ0n) is 21.2. The van der Waals surface area contributed by atoms with Crippen LogP contribution >= 0.6 is 11.3 Å². The van der Waals surface area contributed by atoms with Crippen LogP contribution in [0, 0.1) is 20.8 Å². The molecule has 6 rings (SSSR count). The third-order valence-electron chi connectivity index (χ3n) is 8.29. The van der Waals surface area contributed by atoms with E-state index < -0.39 is 0 Å². The first kappa shape index (κ1) is 22.7. The Bertz CT molecular complexity index is 1440. The molecular formula is C27H34N6OS. The van der Waals surface area contributed by atoms with Crippen LogP contribution in [-0.4, -0.2) is 56.1 Å². The normalized spacial score (nSPS) is 20.1. The zero-order valence-corrected chi connectivity index (χ0v) is 22.1. The average molecular weight is 491 g/mol. The number of hydrogen-bond acceptors (Lipinski definition) is 5. The van der Waals surface area contributed by atoms with E-state index in [1.807, 2.05) is 15.9 Å². The Kier molecular flexibility index (Phi) is 5.49. The van der Waals surface area contributed by atoms with Gasteiger partial charge in [-0.05, 0) is 87.2 Å². The van der Waals surface area contributed by atoms with Gasteiger partial charge in [0.25, 0.3) is 0 Å². The van der Waals surface area contributed by atoms with E-state index in [1.54, 1.807) is 6.33 Å². The lowest BCUT2D eigenvalue weighted by atomic mass is 9.89. The molecule has 8 heteroatoms. The highest BCUT2D eigenvalue weighted by Crippen LogP contribution is 2.46. The van der Waals surface area contributed by atoms with Crippen LogP contribution in [-0.2, 0) is 4.79 Å². The van der Waals surface area contributed by atoms with Gasteiger partial charge in [-0.3, -0.25) is 9.69 Å². The van der Waals surface area contributed by atoms with Crippen molar-refractivity contribution in [2.75, 3.05) is 19.6 Å². The van der Waals surface area contributed by atoms with Gasteiger partial charge in [-0.2, -0.15) is 5.10 Å². The summed E-state index contributed by atoms with van der Waals surface area (Å²) in [6.07, 6.45) is 6.95. The summed E-state index contributed by atoms with van der Waals surface area (Å²) in [5.41, 5.74) is 8.61. The minimum Gasteiger partial charge on any atom is -0.355 e. The molecule has 2 aliphatic heterocycles. The first-order valence-corrected chi connectivity index (χ1v) is 13.6. The van der Waals surface area contributed by atoms with E-state index in [-0.39, 0.29) is 11.9 Å². The minimum absolute atomic E-state index is 0.0825. The number of H-pyrrole nitrogens is 1. The molecule has 2 aliphatic rings. The predicted molar refractivity (Wildman–Crippen MR) is 141 cm³/mol. The maximum absolute atomic E-state index is 12.2. The van der Waals surface area contributed by atoms with E-state index in [4.69, 9.17) is 0 Å². The first-order chi connectivity index (χ1) is 16.8. The molecule has 7 nitrogen and oxygen atoms in total. The SMILES string of the molecule is Cc1c(-c2[nH]c3sc(C4CCN([C@H]5CCNC5=O)CC4)c(C)c3c2C(C)C)cn2ncnc2c1C. The molecule has 2 fully saturated rings. The van der Waals surface area contributed by atoms with E-state index in [9.17, 15) is 4.79 Å². The van der Waals surface area contributed by atoms with Gasteiger partial charge in [0.2, 0.25) is 5.91 Å². The van der Waals surface area contributed by atoms with E-state index in [1.165, 1.54) is 48.6 Å². The molecule has 0 spiro atoms. The number of nitrogens with one attached hydrogen (secondary N) is 2. The molecule has 4 aromatic rings. The lowest BCUT2D eigenvalue weighted by Gasteiger charge is -2.34. The lowest BCUT2D eigenvalue weighted by molar-refractivity contribution is -0.124. The highest BCUT2D eigenvalue weighted by Gasteiger charge is 2.34. The zero-order chi connectivity index (χ0) is 24.4. The molecule has 0 aliphatic carbocycles. The van der Waals surface area contributed by atoms with Gasteiger partial charge < -0.3 is 10.3 Å². The Morgan fingerprint density at radius 2 is 1.86 bits per heavy atom. The first-order valence-electron chi connectivity index (χ1n) is 12.8. The third-order valence-corrected chi connectivity index (χ3v) is 9.66. The van der Waals surface area contributed by atoms with E-state index >= 15 is 0 Å². The van der Waals surface area contributed by atoms with Gasteiger partial charge >= 0.3 is 0 Å². The molecule has 6 heterocycles. The van der Waals surface area contributed by atoms with Gasteiger partial charge in [-0.15, -0.1) is 11.3 Å². The molecule has 2 N–H and O–H groups in total. The second-order valence-electron chi connectivity index (χ2n) is 10.6. The second kappa shape index (κ2) is 8.45. The van der Waals surface area contributed by atoms with Gasteiger partial charge in [-0.25, -0.2) is 9.50 Å². The molecule has 0 saturated carbocycles. The van der Waals surface area contributed by atoms with Crippen molar-refractivity contribution in [3.05, 3.63) is 39.7 Å². The molecule has 0 bridgehead atoms. The third kappa shape index (κ3) is 3.52. The summed E-state index contributed by atoms with van der Waals surface area (Å²) in [6.45, 7) is 14.1. The van der Waals surface area contributed by atoms with Crippen LogP contribution in [0.15, 0.2) is 12.5 Å². The van der Waals surface area contributed by atoms with Crippen molar-refractivity contribution < 1.29 is 4.79 Å². The van der Waals surface area contributed by atoms with Crippen LogP contribution in [0.5, 0.6) is 0 Å². The van der Waals surface area contributed by atoms with Crippen LogP contribution in [0.3, 0.4) is 0 Å². The van der Waals surface area contributed by atoms with Crippen molar-refractivity contribution in [3.8, 4) is 11.3 Å². The second-order valence-corrected chi connectivity index (χ2v) is 11.6. The summed E-state index contributed by atoms with van der Waals surface area (Å²) in [5.74, 6) is 1.18. The number of rotatable bonds is 4. The summed E-state index contributed by atoms with van der Waals surface area (Å²) in [7, 11) is 0. The summed E-state index contributed by atoms with van der Waals surface area (Å²) in [5, 5.41) is 8.82. The van der Waals surface area contributed by atoms with Crippen molar-refractivity contribution in [1.82, 2.24) is 29.8 Å². The summed E-state index contributed by atoms with van der Waals surface area (Å²) in [4.78, 5) is 25.6. The highest BCUT2D eigenvalue weighted by atomic mass is 32.1. The van der Waals surface area contributed by atoms with E-state index in [2.05, 4.69) is 66.1 Å². The Morgan fingerprint density at radius 3 is 2.54 bits per heavy atom. The number of aromatic amines is 1. The number of likely N-dealkylation sites (tertiary alicyclic amines) is 1. The molecule has 35 heavy (non-hydrogen) atoms. The maximum atomic E-state index is 12.2. The van der Waals surface area contributed by atoms with Crippen molar-refractivity contribution in [2.24, 2.45) is 0 Å². The average Bonchev–Trinajstić information content (AvgIpc) is 3.61. The van der Waals surface area contributed by atoms with Crippen molar-refractivity contribution in [1.29, 1.82) is 0 Å². The number of aryl methyl sites for hydroxylation is 2. The number of fused-ring (bicyclic) bond motifs is 2. The Labute approximate surface area is 209 Å². The summed E-state index contributed by atoms with van der Waals surface area (Å²) in [6, 6.07) is 0.0825. The predicted octanol–water partition coefficient (Wildman–Crippen LogP) is 5.06. The smallest absolute Gasteiger partial charge is 0.237 e. The molecule has 184 valence electrons. The van der Waals surface area contributed by atoms with Gasteiger partial charge in [0.1, 0.15) is 11.2 Å². The molecule has 4 aromatic heterocycles. The quantitative estimate of drug-likeness (QED) is 0.419. The number of nitrogens with zero attached hydrogens (tertiary/aromatic N) is 4. The standard InChI is InChI=1S/C27H34N6OS/c1-14(2)21-22-17(5)24(18-7-10-32(11-8-18)20-6-9-28-26(20)34)35-27(22)31-23(21)19-12-33-25(29-13-30-33)16(4)15(19)3/h12-14,18,20,31H,6-11H2,1-5H3,(H,28,34)/t20-/m0/s1. The number of aromatic nitrogens is 4. The number of hydrogen-bond donors (Lipinski definition) is 2. The fraction of sp³-hybridized carbons (Fsp3) is 0.519. The number of amides is 1. The topological polar surface area (TPSA) is 78.3 Å². The number of piperidine rings is 1. The van der Waals surface area contributed by atoms with Gasteiger partial charge in [0.05, 0.1) is 11.7 Å². The van der Waals surface area contributed by atoms with Gasteiger partial charge in [0.15, 0.2) is 5.65 Å². The van der Waals surface area contributed by atoms with Crippen LogP contribution in [0.25, 0.3) is 27.1 Å². The van der Waals surface area contributed by atoms with Gasteiger partial charge in [0, 0.05) is 28.6 Å². The Hall–Kier alpha value is -2.71. The molecule has 2 saturated heterocycles. The molecule has 0 radical (unpaired) electrons. The highest BCUT2D eigenvalue weighted by molar-refractivity contribution is 7.19. The molecule has 0 aromatic carbocycles. The van der Waals surface area contributed by atoms with Crippen molar-refractivity contribution >= 4 is 33.1 Å². The molecule has 1 atom stereocenters. The summed E-state index contributed by atoms with van der Waals surface area (Å²) < 4.78 is 1.90. The number of pyridine rings is 1. The molecular weight excluding hydrogens is 456 g/mol. The van der Waals surface area contributed by atoms with E-state index in [0.717, 1.165) is 44.5 Å². The molecule has 1 amide bonds. The van der Waals surface area contributed by atoms with Crippen LogP contribution in [0.2, 0.25) is 0 Å². The number of carbonyl (C=O) groups excluding carboxylic acids is 1. The van der Waals surface area contributed by atoms with Crippen LogP contribution in [0.4, 0.5) is 0 Å². The largest absolute Gasteiger partial charge is 0.355 e. The van der Waals surface area contributed by atoms with Crippen LogP contribution < -0.4 is 5.32 Å². The fourth-order valence-corrected chi connectivity index (χ4v) is 7.68. The van der Waals surface area contributed by atoms with Crippen molar-refractivity contribution in [2.45, 2.75) is 71.8 Å². The van der Waals surface area contributed by atoms with Gasteiger partial charge in [-0.1, -0.05) is 13.8 Å². The van der Waals surface area contributed by atoms with E-state index in [0.29, 0.717) is 11.8 Å². The maximum Gasteiger partial charge on any atom is 0.237 e. The van der Waals surface area contributed by atoms with Crippen molar-refractivity contribution in [3.63, 3.8) is 0 Å². The monoisotopic (exact) mass is 490 g/mol.